The first-order valence-electron chi connectivity index (χ1n) is 7.95. The molecule has 114 valence electrons. The summed E-state index contributed by atoms with van der Waals surface area (Å²) in [6.07, 6.45) is 5.04. The van der Waals surface area contributed by atoms with Crippen molar-refractivity contribution in [3.63, 3.8) is 0 Å². The molecule has 2 heterocycles. The van der Waals surface area contributed by atoms with E-state index < -0.39 is 0 Å². The van der Waals surface area contributed by atoms with E-state index in [0.717, 1.165) is 25.1 Å². The van der Waals surface area contributed by atoms with Crippen LogP contribution in [0.2, 0.25) is 5.02 Å². The van der Waals surface area contributed by atoms with Crippen LogP contribution >= 0.6 is 11.6 Å². The van der Waals surface area contributed by atoms with Crippen molar-refractivity contribution in [2.75, 3.05) is 26.2 Å². The Bertz CT molecular complexity index is 505. The molecule has 1 aromatic carbocycles. The zero-order chi connectivity index (χ0) is 14.8. The van der Waals surface area contributed by atoms with Crippen LogP contribution in [-0.4, -0.2) is 47.9 Å². The summed E-state index contributed by atoms with van der Waals surface area (Å²) in [6, 6.07) is 6.20. The number of piperidine rings is 1. The molecule has 1 unspecified atom stereocenters. The molecule has 2 aliphatic rings. The minimum absolute atomic E-state index is 0.0950. The van der Waals surface area contributed by atoms with E-state index in [1.165, 1.54) is 32.4 Å². The maximum Gasteiger partial charge on any atom is 0.255 e. The van der Waals surface area contributed by atoms with Gasteiger partial charge in [-0.2, -0.15) is 0 Å². The number of likely N-dealkylation sites (tertiary alicyclic amines) is 2. The van der Waals surface area contributed by atoms with Gasteiger partial charge in [-0.15, -0.1) is 0 Å². The van der Waals surface area contributed by atoms with Gasteiger partial charge >= 0.3 is 0 Å². The van der Waals surface area contributed by atoms with Crippen molar-refractivity contribution in [2.24, 2.45) is 0 Å². The summed E-state index contributed by atoms with van der Waals surface area (Å²) in [6.45, 7) is 6.04. The lowest BCUT2D eigenvalue weighted by molar-refractivity contribution is 0.0771. The van der Waals surface area contributed by atoms with E-state index in [1.807, 2.05) is 24.0 Å². The van der Waals surface area contributed by atoms with Gasteiger partial charge in [0.05, 0.1) is 10.6 Å². The molecule has 1 amide bonds. The predicted molar refractivity (Wildman–Crippen MR) is 85.9 cm³/mol. The molecule has 3 rings (SSSR count). The van der Waals surface area contributed by atoms with Crippen molar-refractivity contribution >= 4 is 17.5 Å². The number of hydrogen-bond donors (Lipinski definition) is 0. The zero-order valence-electron chi connectivity index (χ0n) is 12.6. The highest BCUT2D eigenvalue weighted by Gasteiger charge is 2.32. The molecule has 2 fully saturated rings. The van der Waals surface area contributed by atoms with Crippen LogP contribution in [0.5, 0.6) is 0 Å². The Morgan fingerprint density at radius 2 is 1.95 bits per heavy atom. The van der Waals surface area contributed by atoms with Crippen molar-refractivity contribution < 1.29 is 4.79 Å². The van der Waals surface area contributed by atoms with Crippen molar-refractivity contribution in [2.45, 2.75) is 38.6 Å². The monoisotopic (exact) mass is 306 g/mol. The summed E-state index contributed by atoms with van der Waals surface area (Å²) < 4.78 is 0. The number of nitrogens with zero attached hydrogens (tertiary/aromatic N) is 2. The Morgan fingerprint density at radius 1 is 1.19 bits per heavy atom. The van der Waals surface area contributed by atoms with Gasteiger partial charge in [-0.1, -0.05) is 30.2 Å². The first-order valence-corrected chi connectivity index (χ1v) is 8.33. The molecule has 4 heteroatoms. The fourth-order valence-corrected chi connectivity index (χ4v) is 3.87. The number of benzene rings is 1. The standard InChI is InChI=1S/C17H23ClN2O/c1-13-6-5-7-15(18)16(13)17(21)20-11-8-14(12-20)19-9-3-2-4-10-19/h5-7,14H,2-4,8-12H2,1H3. The van der Waals surface area contributed by atoms with Crippen LogP contribution in [0.1, 0.15) is 41.6 Å². The van der Waals surface area contributed by atoms with Crippen molar-refractivity contribution in [3.05, 3.63) is 34.3 Å². The topological polar surface area (TPSA) is 23.6 Å². The van der Waals surface area contributed by atoms with Crippen molar-refractivity contribution in [3.8, 4) is 0 Å². The smallest absolute Gasteiger partial charge is 0.255 e. The van der Waals surface area contributed by atoms with Gasteiger partial charge in [-0.3, -0.25) is 9.69 Å². The first-order chi connectivity index (χ1) is 10.2. The van der Waals surface area contributed by atoms with E-state index >= 15 is 0 Å². The Morgan fingerprint density at radius 3 is 2.67 bits per heavy atom. The molecule has 1 aromatic rings. The normalized spacial score (nSPS) is 23.5. The van der Waals surface area contributed by atoms with Gasteiger partial charge < -0.3 is 4.90 Å². The molecule has 1 atom stereocenters. The molecule has 0 radical (unpaired) electrons. The Hall–Kier alpha value is -1.06. The van der Waals surface area contributed by atoms with Crippen LogP contribution in [0.4, 0.5) is 0 Å². The summed E-state index contributed by atoms with van der Waals surface area (Å²) in [5.41, 5.74) is 1.65. The maximum absolute atomic E-state index is 12.7. The van der Waals surface area contributed by atoms with Gasteiger partial charge in [0.1, 0.15) is 0 Å². The van der Waals surface area contributed by atoms with E-state index in [2.05, 4.69) is 4.90 Å². The van der Waals surface area contributed by atoms with E-state index in [9.17, 15) is 4.79 Å². The van der Waals surface area contributed by atoms with E-state index in [0.29, 0.717) is 16.6 Å². The largest absolute Gasteiger partial charge is 0.337 e. The van der Waals surface area contributed by atoms with Crippen LogP contribution in [0, 0.1) is 6.92 Å². The maximum atomic E-state index is 12.7. The summed E-state index contributed by atoms with van der Waals surface area (Å²) in [7, 11) is 0. The molecule has 0 bridgehead atoms. The van der Waals surface area contributed by atoms with E-state index in [1.54, 1.807) is 6.07 Å². The molecule has 2 saturated heterocycles. The van der Waals surface area contributed by atoms with Crippen LogP contribution < -0.4 is 0 Å². The van der Waals surface area contributed by atoms with Crippen LogP contribution in [0.15, 0.2) is 18.2 Å². The Balaban J connectivity index is 1.69. The Kier molecular flexibility index (Phi) is 4.51. The highest BCUT2D eigenvalue weighted by molar-refractivity contribution is 6.34. The fraction of sp³-hybridized carbons (Fsp3) is 0.588. The summed E-state index contributed by atoms with van der Waals surface area (Å²) in [4.78, 5) is 17.3. The SMILES string of the molecule is Cc1cccc(Cl)c1C(=O)N1CCC(N2CCCCC2)C1. The van der Waals surface area contributed by atoms with Crippen LogP contribution in [0.3, 0.4) is 0 Å². The molecule has 0 N–H and O–H groups in total. The van der Waals surface area contributed by atoms with E-state index in [-0.39, 0.29) is 5.91 Å². The Labute approximate surface area is 131 Å². The molecule has 0 spiro atoms. The predicted octanol–water partition coefficient (Wildman–Crippen LogP) is 3.35. The van der Waals surface area contributed by atoms with Crippen LogP contribution in [-0.2, 0) is 0 Å². The van der Waals surface area contributed by atoms with Gasteiger partial charge in [-0.05, 0) is 50.9 Å². The van der Waals surface area contributed by atoms with Gasteiger partial charge in [-0.25, -0.2) is 0 Å². The highest BCUT2D eigenvalue weighted by Crippen LogP contribution is 2.25. The molecule has 21 heavy (non-hydrogen) atoms. The fourth-order valence-electron chi connectivity index (χ4n) is 3.57. The van der Waals surface area contributed by atoms with E-state index in [4.69, 9.17) is 11.6 Å². The quantitative estimate of drug-likeness (QED) is 0.836. The summed E-state index contributed by atoms with van der Waals surface area (Å²) in [5.74, 6) is 0.0950. The summed E-state index contributed by atoms with van der Waals surface area (Å²) in [5, 5.41) is 0.571. The van der Waals surface area contributed by atoms with Gasteiger partial charge in [0.15, 0.2) is 0 Å². The van der Waals surface area contributed by atoms with Crippen LogP contribution in [0.25, 0.3) is 0 Å². The van der Waals surface area contributed by atoms with Crippen molar-refractivity contribution in [1.82, 2.24) is 9.80 Å². The zero-order valence-corrected chi connectivity index (χ0v) is 13.4. The lowest BCUT2D eigenvalue weighted by Gasteiger charge is -2.32. The van der Waals surface area contributed by atoms with Gasteiger partial charge in [0.2, 0.25) is 0 Å². The lowest BCUT2D eigenvalue weighted by atomic mass is 10.1. The second-order valence-electron chi connectivity index (χ2n) is 6.22. The third kappa shape index (κ3) is 3.09. The number of carbonyl (C=O) groups excluding carboxylic acids is 1. The molecule has 0 aliphatic carbocycles. The number of aryl methyl sites for hydroxylation is 1. The third-order valence-corrected chi connectivity index (χ3v) is 5.11. The number of halogens is 1. The molecule has 2 aliphatic heterocycles. The number of rotatable bonds is 2. The second kappa shape index (κ2) is 6.37. The minimum Gasteiger partial charge on any atom is -0.337 e. The summed E-state index contributed by atoms with van der Waals surface area (Å²) >= 11 is 6.23. The van der Waals surface area contributed by atoms with Gasteiger partial charge in [0, 0.05) is 19.1 Å². The highest BCUT2D eigenvalue weighted by atomic mass is 35.5. The molecule has 0 aromatic heterocycles. The number of hydrogen-bond acceptors (Lipinski definition) is 2. The average Bonchev–Trinajstić information content (AvgIpc) is 2.97. The first kappa shape index (κ1) is 14.9. The van der Waals surface area contributed by atoms with Crippen molar-refractivity contribution in [1.29, 1.82) is 0 Å². The number of amides is 1. The van der Waals surface area contributed by atoms with Gasteiger partial charge in [0.25, 0.3) is 5.91 Å². The molecule has 0 saturated carbocycles. The number of carbonyl (C=O) groups is 1. The molecule has 3 nitrogen and oxygen atoms in total. The molecular weight excluding hydrogens is 284 g/mol. The minimum atomic E-state index is 0.0950. The average molecular weight is 307 g/mol. The second-order valence-corrected chi connectivity index (χ2v) is 6.63. The third-order valence-electron chi connectivity index (χ3n) is 4.79. The molecular formula is C17H23ClN2O. The lowest BCUT2D eigenvalue weighted by Crippen LogP contribution is -2.41.